The van der Waals surface area contributed by atoms with E-state index in [1.807, 2.05) is 6.07 Å². The Morgan fingerprint density at radius 3 is 2.90 bits per heavy atom. The molecule has 20 heavy (non-hydrogen) atoms. The molecular weight excluding hydrogens is 254 g/mol. The van der Waals surface area contributed by atoms with Crippen LogP contribution in [0.15, 0.2) is 18.2 Å². The maximum Gasteiger partial charge on any atom is 0.335 e. The first-order valence-corrected chi connectivity index (χ1v) is 7.38. The van der Waals surface area contributed by atoms with E-state index >= 15 is 0 Å². The quantitative estimate of drug-likeness (QED) is 0.918. The van der Waals surface area contributed by atoms with Gasteiger partial charge in [-0.05, 0) is 42.4 Å². The van der Waals surface area contributed by atoms with Gasteiger partial charge in [0.15, 0.2) is 0 Å². The van der Waals surface area contributed by atoms with Crippen molar-refractivity contribution in [1.82, 2.24) is 4.90 Å². The van der Waals surface area contributed by atoms with Crippen LogP contribution in [0.1, 0.15) is 34.3 Å². The topological polar surface area (TPSA) is 49.8 Å². The largest absolute Gasteiger partial charge is 0.478 e. The Balaban J connectivity index is 1.69. The van der Waals surface area contributed by atoms with Gasteiger partial charge in [-0.1, -0.05) is 12.1 Å². The number of rotatable bonds is 3. The van der Waals surface area contributed by atoms with Gasteiger partial charge in [0.2, 0.25) is 0 Å². The van der Waals surface area contributed by atoms with Crippen LogP contribution >= 0.6 is 0 Å². The first-order valence-electron chi connectivity index (χ1n) is 7.38. The molecule has 3 rings (SSSR count). The molecule has 2 heterocycles. The predicted molar refractivity (Wildman–Crippen MR) is 75.9 cm³/mol. The lowest BCUT2D eigenvalue weighted by molar-refractivity contribution is 0.0504. The van der Waals surface area contributed by atoms with E-state index in [0.29, 0.717) is 5.56 Å². The summed E-state index contributed by atoms with van der Waals surface area (Å²) in [4.78, 5) is 13.7. The lowest BCUT2D eigenvalue weighted by Gasteiger charge is -2.33. The highest BCUT2D eigenvalue weighted by Crippen LogP contribution is 2.25. The van der Waals surface area contributed by atoms with Gasteiger partial charge in [-0.15, -0.1) is 0 Å². The third-order valence-electron chi connectivity index (χ3n) is 4.43. The van der Waals surface area contributed by atoms with Gasteiger partial charge in [-0.3, -0.25) is 4.90 Å². The molecule has 0 atom stereocenters. The molecule has 0 saturated carbocycles. The average molecular weight is 275 g/mol. The molecule has 2 aliphatic rings. The summed E-state index contributed by atoms with van der Waals surface area (Å²) in [6.45, 7) is 4.74. The van der Waals surface area contributed by atoms with E-state index < -0.39 is 5.97 Å². The zero-order valence-electron chi connectivity index (χ0n) is 11.7. The number of ether oxygens (including phenoxy) is 1. The predicted octanol–water partition coefficient (Wildman–Crippen LogP) is 2.17. The number of hydrogen-bond donors (Lipinski definition) is 1. The van der Waals surface area contributed by atoms with E-state index in [4.69, 9.17) is 4.74 Å². The van der Waals surface area contributed by atoms with Gasteiger partial charge < -0.3 is 9.84 Å². The molecule has 0 aliphatic carbocycles. The lowest BCUT2D eigenvalue weighted by Crippen LogP contribution is -2.36. The van der Waals surface area contributed by atoms with Crippen molar-refractivity contribution in [2.45, 2.75) is 25.8 Å². The Bertz CT molecular complexity index is 494. The van der Waals surface area contributed by atoms with E-state index in [9.17, 15) is 9.90 Å². The molecule has 1 aromatic rings. The molecule has 0 spiro atoms. The minimum Gasteiger partial charge on any atom is -0.478 e. The fourth-order valence-corrected chi connectivity index (χ4v) is 3.32. The van der Waals surface area contributed by atoms with Gasteiger partial charge in [0, 0.05) is 32.8 Å². The molecule has 1 fully saturated rings. The van der Waals surface area contributed by atoms with Crippen molar-refractivity contribution in [2.24, 2.45) is 5.92 Å². The second-order valence-electron chi connectivity index (χ2n) is 5.79. The second kappa shape index (κ2) is 5.94. The summed E-state index contributed by atoms with van der Waals surface area (Å²) in [6, 6.07) is 5.65. The van der Waals surface area contributed by atoms with Gasteiger partial charge >= 0.3 is 5.97 Å². The monoisotopic (exact) mass is 275 g/mol. The summed E-state index contributed by atoms with van der Waals surface area (Å²) in [5.74, 6) is -0.0762. The first-order chi connectivity index (χ1) is 9.74. The van der Waals surface area contributed by atoms with Crippen LogP contribution in [0.2, 0.25) is 0 Å². The fraction of sp³-hybridized carbons (Fsp3) is 0.562. The summed E-state index contributed by atoms with van der Waals surface area (Å²) >= 11 is 0. The van der Waals surface area contributed by atoms with Crippen LogP contribution in [-0.2, 0) is 17.7 Å². The Morgan fingerprint density at radius 1 is 1.35 bits per heavy atom. The molecule has 1 N–H and O–H groups in total. The molecule has 1 aromatic carbocycles. The Morgan fingerprint density at radius 2 is 2.15 bits per heavy atom. The zero-order valence-corrected chi connectivity index (χ0v) is 11.7. The number of benzene rings is 1. The van der Waals surface area contributed by atoms with Gasteiger partial charge in [-0.2, -0.15) is 0 Å². The standard InChI is InChI=1S/C16H21NO3/c18-16(19)15-3-1-2-13-11-17(7-4-14(13)15)10-12-5-8-20-9-6-12/h1-3,12H,4-11H2,(H,18,19). The van der Waals surface area contributed by atoms with E-state index in [2.05, 4.69) is 11.0 Å². The van der Waals surface area contributed by atoms with Crippen LogP contribution in [0.4, 0.5) is 0 Å². The van der Waals surface area contributed by atoms with Crippen molar-refractivity contribution in [3.63, 3.8) is 0 Å². The normalized spacial score (nSPS) is 20.6. The van der Waals surface area contributed by atoms with Crippen LogP contribution in [0.5, 0.6) is 0 Å². The Labute approximate surface area is 119 Å². The first kappa shape index (κ1) is 13.6. The molecular formula is C16H21NO3. The average Bonchev–Trinajstić information content (AvgIpc) is 2.47. The van der Waals surface area contributed by atoms with Gasteiger partial charge in [0.1, 0.15) is 0 Å². The van der Waals surface area contributed by atoms with Crippen molar-refractivity contribution in [3.05, 3.63) is 34.9 Å². The number of carbonyl (C=O) groups is 1. The molecule has 0 radical (unpaired) electrons. The van der Waals surface area contributed by atoms with Gasteiger partial charge in [0.25, 0.3) is 0 Å². The summed E-state index contributed by atoms with van der Waals surface area (Å²) < 4.78 is 5.40. The van der Waals surface area contributed by atoms with Crippen LogP contribution in [0.3, 0.4) is 0 Å². The van der Waals surface area contributed by atoms with Crippen molar-refractivity contribution < 1.29 is 14.6 Å². The van der Waals surface area contributed by atoms with E-state index in [1.165, 1.54) is 5.56 Å². The Hall–Kier alpha value is -1.39. The summed E-state index contributed by atoms with van der Waals surface area (Å²) in [6.07, 6.45) is 3.15. The third-order valence-corrected chi connectivity index (χ3v) is 4.43. The molecule has 1 saturated heterocycles. The Kier molecular flexibility index (Phi) is 4.03. The second-order valence-corrected chi connectivity index (χ2v) is 5.79. The SMILES string of the molecule is O=C(O)c1cccc2c1CCN(CC1CCOCC1)C2. The number of carboxylic acids is 1. The molecule has 4 nitrogen and oxygen atoms in total. The van der Waals surface area contributed by atoms with E-state index in [0.717, 1.165) is 63.6 Å². The van der Waals surface area contributed by atoms with Gasteiger partial charge in [0.05, 0.1) is 5.56 Å². The van der Waals surface area contributed by atoms with Crippen LogP contribution in [-0.4, -0.2) is 42.3 Å². The van der Waals surface area contributed by atoms with Crippen molar-refractivity contribution in [3.8, 4) is 0 Å². The molecule has 0 amide bonds. The van der Waals surface area contributed by atoms with Crippen LogP contribution < -0.4 is 0 Å². The van der Waals surface area contributed by atoms with E-state index in [1.54, 1.807) is 6.07 Å². The molecule has 0 unspecified atom stereocenters. The molecule has 2 aliphatic heterocycles. The number of aromatic carboxylic acids is 1. The highest BCUT2D eigenvalue weighted by molar-refractivity contribution is 5.89. The number of hydrogen-bond acceptors (Lipinski definition) is 3. The summed E-state index contributed by atoms with van der Waals surface area (Å²) in [7, 11) is 0. The smallest absolute Gasteiger partial charge is 0.335 e. The van der Waals surface area contributed by atoms with Crippen LogP contribution in [0.25, 0.3) is 0 Å². The molecule has 4 heteroatoms. The minimum absolute atomic E-state index is 0.480. The maximum absolute atomic E-state index is 11.2. The molecule has 108 valence electrons. The van der Waals surface area contributed by atoms with Crippen molar-refractivity contribution >= 4 is 5.97 Å². The van der Waals surface area contributed by atoms with Crippen molar-refractivity contribution in [2.75, 3.05) is 26.3 Å². The highest BCUT2D eigenvalue weighted by Gasteiger charge is 2.23. The molecule has 0 bridgehead atoms. The number of carboxylic acid groups (broad SMARTS) is 1. The maximum atomic E-state index is 11.2. The number of fused-ring (bicyclic) bond motifs is 1. The summed E-state index contributed by atoms with van der Waals surface area (Å²) in [5.41, 5.74) is 2.69. The zero-order chi connectivity index (χ0) is 13.9. The number of nitrogens with zero attached hydrogens (tertiary/aromatic N) is 1. The minimum atomic E-state index is -0.806. The highest BCUT2D eigenvalue weighted by atomic mass is 16.5. The van der Waals surface area contributed by atoms with E-state index in [-0.39, 0.29) is 0 Å². The fourth-order valence-electron chi connectivity index (χ4n) is 3.32. The van der Waals surface area contributed by atoms with Crippen molar-refractivity contribution in [1.29, 1.82) is 0 Å². The molecule has 0 aromatic heterocycles. The van der Waals surface area contributed by atoms with Gasteiger partial charge in [-0.25, -0.2) is 4.79 Å². The van der Waals surface area contributed by atoms with Crippen LogP contribution in [0, 0.1) is 5.92 Å². The lowest BCUT2D eigenvalue weighted by atomic mass is 9.93. The third kappa shape index (κ3) is 2.86. The summed E-state index contributed by atoms with van der Waals surface area (Å²) in [5, 5.41) is 9.24.